The summed E-state index contributed by atoms with van der Waals surface area (Å²) < 4.78 is 5.46. The fraction of sp³-hybridized carbons (Fsp3) is 0.353. The maximum Gasteiger partial charge on any atom is 0.329 e. The number of rotatable bonds is 7. The van der Waals surface area contributed by atoms with Crippen LogP contribution in [0.1, 0.15) is 65.5 Å². The van der Waals surface area contributed by atoms with Gasteiger partial charge in [0.05, 0.1) is 11.8 Å². The minimum Gasteiger partial charge on any atom is -0.454 e. The van der Waals surface area contributed by atoms with Gasteiger partial charge < -0.3 is 10.1 Å². The average molecular weight is 551 g/mol. The summed E-state index contributed by atoms with van der Waals surface area (Å²) in [7, 11) is 0. The number of anilines is 1. The Balaban J connectivity index is 1.26. The number of nitrogens with zero attached hydrogens (tertiary/aromatic N) is 1. The molecular formula is C34H34N2O5. The molecule has 2 bridgehead atoms. The summed E-state index contributed by atoms with van der Waals surface area (Å²) in [5, 5.41) is 2.76. The van der Waals surface area contributed by atoms with Crippen molar-refractivity contribution in [3.63, 3.8) is 0 Å². The Morgan fingerprint density at radius 2 is 1.27 bits per heavy atom. The van der Waals surface area contributed by atoms with Crippen molar-refractivity contribution >= 4 is 29.4 Å². The van der Waals surface area contributed by atoms with E-state index in [1.807, 2.05) is 94.4 Å². The lowest BCUT2D eigenvalue weighted by molar-refractivity contribution is -0.160. The van der Waals surface area contributed by atoms with Crippen molar-refractivity contribution < 1.29 is 23.9 Å². The monoisotopic (exact) mass is 550 g/mol. The van der Waals surface area contributed by atoms with Crippen LogP contribution in [0.4, 0.5) is 5.69 Å². The zero-order chi connectivity index (χ0) is 29.0. The minimum absolute atomic E-state index is 0.00555. The zero-order valence-electron chi connectivity index (χ0n) is 23.7. The second-order valence-corrected chi connectivity index (χ2v) is 12.0. The van der Waals surface area contributed by atoms with Crippen LogP contribution in [0.25, 0.3) is 0 Å². The first kappa shape index (κ1) is 26.9. The van der Waals surface area contributed by atoms with Crippen molar-refractivity contribution in [2.75, 3.05) is 11.9 Å². The zero-order valence-corrected chi connectivity index (χ0v) is 23.7. The van der Waals surface area contributed by atoms with Gasteiger partial charge in [0.25, 0.3) is 5.91 Å². The molecule has 1 fully saturated rings. The molecular weight excluding hydrogens is 516 g/mol. The Labute approximate surface area is 239 Å². The van der Waals surface area contributed by atoms with E-state index in [-0.39, 0.29) is 36.0 Å². The normalized spacial score (nSPS) is 22.7. The van der Waals surface area contributed by atoms with Gasteiger partial charge in [0.15, 0.2) is 6.61 Å². The van der Waals surface area contributed by atoms with Gasteiger partial charge in [-0.05, 0) is 71.7 Å². The van der Waals surface area contributed by atoms with E-state index in [0.717, 1.165) is 38.3 Å². The molecule has 4 aliphatic rings. The second-order valence-electron chi connectivity index (χ2n) is 12.0. The van der Waals surface area contributed by atoms with E-state index in [1.165, 1.54) is 0 Å². The van der Waals surface area contributed by atoms with Crippen molar-refractivity contribution in [3.8, 4) is 0 Å². The van der Waals surface area contributed by atoms with Gasteiger partial charge in [-0.15, -0.1) is 0 Å². The topological polar surface area (TPSA) is 92.8 Å². The first-order valence-electron chi connectivity index (χ1n) is 14.2. The molecule has 41 heavy (non-hydrogen) atoms. The smallest absolute Gasteiger partial charge is 0.329 e. The molecule has 3 aromatic carbocycles. The third-order valence-electron chi connectivity index (χ3n) is 8.61. The van der Waals surface area contributed by atoms with Gasteiger partial charge in [-0.3, -0.25) is 19.3 Å². The van der Waals surface area contributed by atoms with E-state index in [9.17, 15) is 19.2 Å². The lowest BCUT2D eigenvalue weighted by atomic mass is 9.55. The molecule has 1 heterocycles. The molecule has 7 heteroatoms. The number of ether oxygens (including phenoxy) is 1. The van der Waals surface area contributed by atoms with Gasteiger partial charge in [-0.2, -0.15) is 0 Å². The first-order chi connectivity index (χ1) is 19.7. The van der Waals surface area contributed by atoms with Crippen molar-refractivity contribution in [1.82, 2.24) is 4.90 Å². The van der Waals surface area contributed by atoms with Crippen LogP contribution < -0.4 is 5.32 Å². The molecule has 1 aliphatic heterocycles. The van der Waals surface area contributed by atoms with Crippen LogP contribution in [0.2, 0.25) is 0 Å². The number of aryl methyl sites for hydroxylation is 2. The van der Waals surface area contributed by atoms with E-state index in [4.69, 9.17) is 4.74 Å². The molecule has 0 unspecified atom stereocenters. The van der Waals surface area contributed by atoms with Crippen molar-refractivity contribution in [2.24, 2.45) is 17.8 Å². The van der Waals surface area contributed by atoms with E-state index in [2.05, 4.69) is 5.32 Å². The Hall–Kier alpha value is -4.26. The third kappa shape index (κ3) is 4.53. The summed E-state index contributed by atoms with van der Waals surface area (Å²) in [5.74, 6) is -3.54. The van der Waals surface area contributed by atoms with Crippen LogP contribution in [-0.4, -0.2) is 41.2 Å². The number of nitrogens with one attached hydrogen (secondary N) is 1. The number of carbonyl (C=O) groups is 4. The van der Waals surface area contributed by atoms with Crippen molar-refractivity contribution in [3.05, 3.63) is 100 Å². The maximum atomic E-state index is 14.1. The standard InChI is InChI=1S/C34H34N2O5/c1-18(2)13-26(34(40)41-17-27(37)35-21-15-19(3)14-20(4)16-21)36-32(38)30-28-22-9-5-6-10-23(22)29(31(30)33(36)39)25-12-8-7-11-24(25)28/h5-12,14-16,18,26,28-31H,13,17H2,1-4H3,(H,35,37)/t26-,28?,29?,30-,31-/m0/s1. The minimum atomic E-state index is -1.10. The summed E-state index contributed by atoms with van der Waals surface area (Å²) >= 11 is 0. The van der Waals surface area contributed by atoms with Crippen LogP contribution >= 0.6 is 0 Å². The summed E-state index contributed by atoms with van der Waals surface area (Å²) in [6, 6.07) is 20.6. The SMILES string of the molecule is Cc1cc(C)cc(NC(=O)COC(=O)[C@H](CC(C)C)N2C(=O)[C@H]3C4c5ccccc5C(c5ccccc54)[C@@H]3C2=O)c1. The molecule has 0 saturated carbocycles. The number of carbonyl (C=O) groups excluding carboxylic acids is 4. The Bertz CT molecular complexity index is 1440. The Kier molecular flexibility index (Phi) is 6.76. The highest BCUT2D eigenvalue weighted by molar-refractivity contribution is 6.10. The number of esters is 1. The van der Waals surface area contributed by atoms with Gasteiger partial charge in [0.2, 0.25) is 11.8 Å². The molecule has 0 aromatic heterocycles. The highest BCUT2D eigenvalue weighted by Gasteiger charge is 2.63. The van der Waals surface area contributed by atoms with Crippen molar-refractivity contribution in [1.29, 1.82) is 0 Å². The molecule has 0 radical (unpaired) electrons. The number of imide groups is 1. The Morgan fingerprint density at radius 1 is 0.805 bits per heavy atom. The maximum absolute atomic E-state index is 14.1. The molecule has 3 aromatic rings. The van der Waals surface area contributed by atoms with Crippen LogP contribution in [0, 0.1) is 31.6 Å². The largest absolute Gasteiger partial charge is 0.454 e. The second kappa shape index (κ2) is 10.3. The number of hydrogen-bond acceptors (Lipinski definition) is 5. The van der Waals surface area contributed by atoms with E-state index >= 15 is 0 Å². The third-order valence-corrected chi connectivity index (χ3v) is 8.61. The molecule has 3 atom stereocenters. The van der Waals surface area contributed by atoms with Gasteiger partial charge >= 0.3 is 5.97 Å². The van der Waals surface area contributed by atoms with E-state index in [1.54, 1.807) is 0 Å². The summed E-state index contributed by atoms with van der Waals surface area (Å²) in [6.45, 7) is 7.22. The van der Waals surface area contributed by atoms with Gasteiger partial charge in [0.1, 0.15) is 6.04 Å². The van der Waals surface area contributed by atoms with Gasteiger partial charge in [-0.25, -0.2) is 4.79 Å². The van der Waals surface area contributed by atoms with Gasteiger partial charge in [0, 0.05) is 17.5 Å². The van der Waals surface area contributed by atoms with Crippen molar-refractivity contribution in [2.45, 2.75) is 52.0 Å². The lowest BCUT2D eigenvalue weighted by Gasteiger charge is -2.45. The fourth-order valence-electron chi connectivity index (χ4n) is 7.24. The molecule has 7 nitrogen and oxygen atoms in total. The average Bonchev–Trinajstić information content (AvgIpc) is 3.19. The number of amides is 3. The lowest BCUT2D eigenvalue weighted by Crippen LogP contribution is -2.47. The molecule has 3 aliphatic carbocycles. The molecule has 210 valence electrons. The predicted molar refractivity (Wildman–Crippen MR) is 154 cm³/mol. The molecule has 1 saturated heterocycles. The van der Waals surface area contributed by atoms with Crippen LogP contribution in [0.5, 0.6) is 0 Å². The number of benzene rings is 3. The molecule has 3 amide bonds. The first-order valence-corrected chi connectivity index (χ1v) is 14.2. The fourth-order valence-corrected chi connectivity index (χ4v) is 7.24. The molecule has 7 rings (SSSR count). The summed E-state index contributed by atoms with van der Waals surface area (Å²) in [4.78, 5) is 55.6. The molecule has 0 spiro atoms. The van der Waals surface area contributed by atoms with E-state index < -0.39 is 36.4 Å². The Morgan fingerprint density at radius 3 is 1.71 bits per heavy atom. The quantitative estimate of drug-likeness (QED) is 0.327. The predicted octanol–water partition coefficient (Wildman–Crippen LogP) is 5.09. The van der Waals surface area contributed by atoms with Crippen LogP contribution in [-0.2, 0) is 23.9 Å². The van der Waals surface area contributed by atoms with E-state index in [0.29, 0.717) is 5.69 Å². The summed E-state index contributed by atoms with van der Waals surface area (Å²) in [6.07, 6.45) is 0.254. The highest BCUT2D eigenvalue weighted by atomic mass is 16.5. The number of likely N-dealkylation sites (tertiary alicyclic amines) is 1. The summed E-state index contributed by atoms with van der Waals surface area (Å²) in [5.41, 5.74) is 6.92. The van der Waals surface area contributed by atoms with Crippen LogP contribution in [0.3, 0.4) is 0 Å². The molecule has 1 N–H and O–H groups in total. The highest BCUT2D eigenvalue weighted by Crippen LogP contribution is 2.61. The van der Waals surface area contributed by atoms with Crippen LogP contribution in [0.15, 0.2) is 66.7 Å². The number of hydrogen-bond donors (Lipinski definition) is 1. The van der Waals surface area contributed by atoms with Gasteiger partial charge in [-0.1, -0.05) is 68.4 Å².